The van der Waals surface area contributed by atoms with E-state index in [4.69, 9.17) is 4.74 Å². The molecule has 0 aliphatic carbocycles. The highest BCUT2D eigenvalue weighted by Gasteiger charge is 2.30. The highest BCUT2D eigenvalue weighted by molar-refractivity contribution is 5.86. The van der Waals surface area contributed by atoms with Crippen LogP contribution in [0.25, 0.3) is 0 Å². The Labute approximate surface area is 195 Å². The number of hydrogen-bond acceptors (Lipinski definition) is 5. The molecule has 0 unspecified atom stereocenters. The molecule has 0 radical (unpaired) electrons. The molecule has 7 heteroatoms. The molecule has 1 atom stereocenters. The van der Waals surface area contributed by atoms with Gasteiger partial charge < -0.3 is 19.9 Å². The van der Waals surface area contributed by atoms with Crippen molar-refractivity contribution in [1.82, 2.24) is 15.1 Å². The minimum atomic E-state index is -0.389. The largest absolute Gasteiger partial charge is 0.495 e. The Morgan fingerprint density at radius 2 is 1.73 bits per heavy atom. The van der Waals surface area contributed by atoms with Crippen LogP contribution < -0.4 is 15.0 Å². The number of anilines is 1. The van der Waals surface area contributed by atoms with Gasteiger partial charge in [0.15, 0.2) is 0 Å². The Morgan fingerprint density at radius 1 is 1.00 bits per heavy atom. The number of carbonyl (C=O) groups excluding carboxylic acids is 2. The number of amides is 2. The quantitative estimate of drug-likeness (QED) is 0.626. The van der Waals surface area contributed by atoms with Crippen LogP contribution in [-0.2, 0) is 16.0 Å². The van der Waals surface area contributed by atoms with Gasteiger partial charge in [-0.05, 0) is 24.1 Å². The van der Waals surface area contributed by atoms with E-state index in [9.17, 15) is 9.59 Å². The van der Waals surface area contributed by atoms with Gasteiger partial charge in [-0.15, -0.1) is 0 Å². The smallest absolute Gasteiger partial charge is 0.241 e. The van der Waals surface area contributed by atoms with Crippen molar-refractivity contribution in [3.8, 4) is 5.75 Å². The number of nitrogens with zero attached hydrogens (tertiary/aromatic N) is 3. The molecule has 4 rings (SSSR count). The Hall–Kier alpha value is -3.32. The minimum absolute atomic E-state index is 0.0477. The highest BCUT2D eigenvalue weighted by Crippen LogP contribution is 2.28. The van der Waals surface area contributed by atoms with E-state index in [0.29, 0.717) is 26.2 Å². The summed E-state index contributed by atoms with van der Waals surface area (Å²) in [5, 5.41) is 3.02. The average molecular weight is 449 g/mol. The molecule has 2 heterocycles. The molecular formula is C26H32N4O3. The molecule has 1 fully saturated rings. The van der Waals surface area contributed by atoms with Gasteiger partial charge in [0, 0.05) is 39.3 Å². The van der Waals surface area contributed by atoms with Gasteiger partial charge in [0.1, 0.15) is 11.8 Å². The second-order valence-corrected chi connectivity index (χ2v) is 8.37. The maximum Gasteiger partial charge on any atom is 0.241 e. The Balaban J connectivity index is 1.24. The van der Waals surface area contributed by atoms with Crippen LogP contribution in [0.15, 0.2) is 66.7 Å². The van der Waals surface area contributed by atoms with Gasteiger partial charge >= 0.3 is 0 Å². The molecule has 33 heavy (non-hydrogen) atoms. The predicted molar refractivity (Wildman–Crippen MR) is 129 cm³/mol. The summed E-state index contributed by atoms with van der Waals surface area (Å²) in [6, 6.07) is 17.7. The van der Waals surface area contributed by atoms with E-state index in [2.05, 4.69) is 22.3 Å². The summed E-state index contributed by atoms with van der Waals surface area (Å²) in [5.41, 5.74) is 2.25. The Kier molecular flexibility index (Phi) is 7.62. The zero-order valence-electron chi connectivity index (χ0n) is 19.2. The Bertz CT molecular complexity index is 971. The van der Waals surface area contributed by atoms with Crippen molar-refractivity contribution in [2.75, 3.05) is 57.8 Å². The van der Waals surface area contributed by atoms with Crippen molar-refractivity contribution in [2.45, 2.75) is 12.5 Å². The van der Waals surface area contributed by atoms with Crippen LogP contribution in [0.5, 0.6) is 5.75 Å². The standard InChI is InChI=1S/C26H32N4O3/c1-33-24-12-6-5-10-22(24)28-16-18-29(19-17-28)25(31)20-30-15-7-11-23(30)26(32)27-14-13-21-8-3-2-4-9-21/h2-12,23H,13-20H2,1H3,(H,27,32)/t23-/m1/s1. The van der Waals surface area contributed by atoms with E-state index in [-0.39, 0.29) is 24.4 Å². The van der Waals surface area contributed by atoms with Gasteiger partial charge in [0.05, 0.1) is 19.3 Å². The summed E-state index contributed by atoms with van der Waals surface area (Å²) in [7, 11) is 1.68. The molecule has 2 aromatic carbocycles. The van der Waals surface area contributed by atoms with Crippen LogP contribution in [0.2, 0.25) is 0 Å². The molecule has 174 valence electrons. The van der Waals surface area contributed by atoms with Crippen LogP contribution in [0.3, 0.4) is 0 Å². The number of benzene rings is 2. The number of piperazine rings is 1. The van der Waals surface area contributed by atoms with E-state index in [1.807, 2.05) is 64.4 Å². The molecule has 1 saturated heterocycles. The van der Waals surface area contributed by atoms with Gasteiger partial charge in [-0.3, -0.25) is 14.5 Å². The second kappa shape index (κ2) is 11.0. The summed E-state index contributed by atoms with van der Waals surface area (Å²) in [6.45, 7) is 4.28. The van der Waals surface area contributed by atoms with Crippen molar-refractivity contribution >= 4 is 17.5 Å². The first-order valence-electron chi connectivity index (χ1n) is 11.5. The molecule has 2 aliphatic heterocycles. The lowest BCUT2D eigenvalue weighted by molar-refractivity contribution is -0.134. The molecule has 2 aromatic rings. The monoisotopic (exact) mass is 448 g/mol. The molecular weight excluding hydrogens is 416 g/mol. The molecule has 7 nitrogen and oxygen atoms in total. The number of carbonyl (C=O) groups is 2. The zero-order valence-corrected chi connectivity index (χ0v) is 19.2. The van der Waals surface area contributed by atoms with Crippen LogP contribution >= 0.6 is 0 Å². The molecule has 0 aromatic heterocycles. The van der Waals surface area contributed by atoms with Crippen molar-refractivity contribution in [2.24, 2.45) is 0 Å². The average Bonchev–Trinajstić information content (AvgIpc) is 3.33. The third-order valence-corrected chi connectivity index (χ3v) is 6.27. The number of rotatable bonds is 8. The third kappa shape index (κ3) is 5.73. The summed E-state index contributed by atoms with van der Waals surface area (Å²) in [5.74, 6) is 0.871. The van der Waals surface area contributed by atoms with Crippen LogP contribution in [0.1, 0.15) is 5.56 Å². The van der Waals surface area contributed by atoms with Crippen LogP contribution in [0.4, 0.5) is 5.69 Å². The fourth-order valence-corrected chi connectivity index (χ4v) is 4.42. The third-order valence-electron chi connectivity index (χ3n) is 6.27. The number of ether oxygens (including phenoxy) is 1. The summed E-state index contributed by atoms with van der Waals surface area (Å²) >= 11 is 0. The SMILES string of the molecule is COc1ccccc1N1CCN(C(=O)CN2CC=C[C@@H]2C(=O)NCCc2ccccc2)CC1. The predicted octanol–water partition coefficient (Wildman–Crippen LogP) is 1.94. The van der Waals surface area contributed by atoms with E-state index in [0.717, 1.165) is 30.9 Å². The molecule has 0 saturated carbocycles. The summed E-state index contributed by atoms with van der Waals surface area (Å²) < 4.78 is 5.48. The number of methoxy groups -OCH3 is 1. The second-order valence-electron chi connectivity index (χ2n) is 8.37. The maximum atomic E-state index is 13.0. The van der Waals surface area contributed by atoms with Gasteiger partial charge in [-0.1, -0.05) is 54.6 Å². The number of nitrogens with one attached hydrogen (secondary N) is 1. The first-order chi connectivity index (χ1) is 16.2. The summed E-state index contributed by atoms with van der Waals surface area (Å²) in [4.78, 5) is 31.8. The fraction of sp³-hybridized carbons (Fsp3) is 0.385. The van der Waals surface area contributed by atoms with Gasteiger partial charge in [-0.25, -0.2) is 0 Å². The highest BCUT2D eigenvalue weighted by atomic mass is 16.5. The van der Waals surface area contributed by atoms with Crippen LogP contribution in [-0.4, -0.2) is 80.6 Å². The maximum absolute atomic E-state index is 13.0. The van der Waals surface area contributed by atoms with E-state index in [1.54, 1.807) is 7.11 Å². The van der Waals surface area contributed by atoms with Crippen molar-refractivity contribution in [3.63, 3.8) is 0 Å². The first kappa shape index (κ1) is 22.9. The Morgan fingerprint density at radius 3 is 2.48 bits per heavy atom. The molecule has 2 amide bonds. The fourth-order valence-electron chi connectivity index (χ4n) is 4.42. The molecule has 0 spiro atoms. The lowest BCUT2D eigenvalue weighted by Crippen LogP contribution is -2.53. The molecule has 1 N–H and O–H groups in total. The molecule has 0 bridgehead atoms. The lowest BCUT2D eigenvalue weighted by Gasteiger charge is -2.37. The lowest BCUT2D eigenvalue weighted by atomic mass is 10.1. The van der Waals surface area contributed by atoms with Crippen molar-refractivity contribution in [1.29, 1.82) is 0 Å². The molecule has 2 aliphatic rings. The summed E-state index contributed by atoms with van der Waals surface area (Å²) in [6.07, 6.45) is 4.65. The normalized spacial score (nSPS) is 18.4. The minimum Gasteiger partial charge on any atom is -0.495 e. The van der Waals surface area contributed by atoms with E-state index in [1.165, 1.54) is 5.56 Å². The number of hydrogen-bond donors (Lipinski definition) is 1. The van der Waals surface area contributed by atoms with Gasteiger partial charge in [-0.2, -0.15) is 0 Å². The van der Waals surface area contributed by atoms with Crippen molar-refractivity contribution in [3.05, 3.63) is 72.3 Å². The van der Waals surface area contributed by atoms with Gasteiger partial charge in [0.25, 0.3) is 0 Å². The van der Waals surface area contributed by atoms with Crippen LogP contribution in [0, 0.1) is 0 Å². The number of para-hydroxylation sites is 2. The van der Waals surface area contributed by atoms with E-state index >= 15 is 0 Å². The first-order valence-corrected chi connectivity index (χ1v) is 11.5. The topological polar surface area (TPSA) is 65.1 Å². The zero-order chi connectivity index (χ0) is 23.0. The van der Waals surface area contributed by atoms with Gasteiger partial charge in [0.2, 0.25) is 11.8 Å². The van der Waals surface area contributed by atoms with Crippen molar-refractivity contribution < 1.29 is 14.3 Å². The van der Waals surface area contributed by atoms with E-state index < -0.39 is 0 Å².